The Morgan fingerprint density at radius 3 is 2.77 bits per heavy atom. The van der Waals surface area contributed by atoms with E-state index in [-0.39, 0.29) is 11.9 Å². The molecular formula is C19H22BrN5O. The second-order valence-corrected chi connectivity index (χ2v) is 7.63. The molecule has 0 aliphatic rings. The third kappa shape index (κ3) is 3.94. The van der Waals surface area contributed by atoms with Crippen LogP contribution in [-0.4, -0.2) is 52.0 Å². The van der Waals surface area contributed by atoms with Crippen molar-refractivity contribution in [1.29, 1.82) is 0 Å². The van der Waals surface area contributed by atoms with E-state index in [0.29, 0.717) is 11.3 Å². The fourth-order valence-electron chi connectivity index (χ4n) is 3.01. The SMILES string of the molecule is CC(CN(C)C)NC(=O)c1cc(-c2nccn2C)nc2ccc(Br)cc12. The minimum atomic E-state index is -0.111. The number of pyridine rings is 1. The molecular weight excluding hydrogens is 394 g/mol. The van der Waals surface area contributed by atoms with Gasteiger partial charge in [-0.3, -0.25) is 4.79 Å². The lowest BCUT2D eigenvalue weighted by molar-refractivity contribution is 0.0936. The minimum Gasteiger partial charge on any atom is -0.348 e. The van der Waals surface area contributed by atoms with E-state index in [4.69, 9.17) is 4.98 Å². The minimum absolute atomic E-state index is 0.0319. The van der Waals surface area contributed by atoms with Crippen molar-refractivity contribution in [3.63, 3.8) is 0 Å². The molecule has 1 atom stereocenters. The number of aromatic nitrogens is 3. The molecule has 0 spiro atoms. The predicted octanol–water partition coefficient (Wildman–Crippen LogP) is 3.08. The Morgan fingerprint density at radius 1 is 1.35 bits per heavy atom. The summed E-state index contributed by atoms with van der Waals surface area (Å²) in [5.74, 6) is 0.616. The molecule has 0 saturated carbocycles. The number of carbonyl (C=O) groups excluding carboxylic acids is 1. The second-order valence-electron chi connectivity index (χ2n) is 6.72. The summed E-state index contributed by atoms with van der Waals surface area (Å²) in [5.41, 5.74) is 2.04. The first-order valence-corrected chi connectivity index (χ1v) is 9.18. The number of likely N-dealkylation sites (N-methyl/N-ethyl adjacent to an activating group) is 1. The van der Waals surface area contributed by atoms with Crippen molar-refractivity contribution in [1.82, 2.24) is 24.8 Å². The average molecular weight is 416 g/mol. The molecule has 2 aromatic heterocycles. The van der Waals surface area contributed by atoms with E-state index in [2.05, 4.69) is 26.2 Å². The number of hydrogen-bond donors (Lipinski definition) is 1. The number of imidazole rings is 1. The fraction of sp³-hybridized carbons (Fsp3) is 0.316. The Kier molecular flexibility index (Phi) is 5.38. The lowest BCUT2D eigenvalue weighted by Gasteiger charge is -2.19. The highest BCUT2D eigenvalue weighted by Crippen LogP contribution is 2.26. The molecule has 136 valence electrons. The standard InChI is InChI=1S/C19H22BrN5O/c1-12(11-24(2)3)22-19(26)15-10-17(18-21-7-8-25(18)4)23-16-6-5-13(20)9-14(15)16/h5-10,12H,11H2,1-4H3,(H,22,26). The van der Waals surface area contributed by atoms with Crippen molar-refractivity contribution < 1.29 is 4.79 Å². The molecule has 6 nitrogen and oxygen atoms in total. The monoisotopic (exact) mass is 415 g/mol. The van der Waals surface area contributed by atoms with Crippen molar-refractivity contribution >= 4 is 32.7 Å². The van der Waals surface area contributed by atoms with Crippen LogP contribution in [0.4, 0.5) is 0 Å². The first-order valence-electron chi connectivity index (χ1n) is 8.38. The van der Waals surface area contributed by atoms with Crippen LogP contribution in [0.15, 0.2) is 41.1 Å². The normalized spacial score (nSPS) is 12.5. The molecule has 3 aromatic rings. The summed E-state index contributed by atoms with van der Waals surface area (Å²) >= 11 is 3.49. The predicted molar refractivity (Wildman–Crippen MR) is 107 cm³/mol. The molecule has 0 bridgehead atoms. The van der Waals surface area contributed by atoms with Gasteiger partial charge in [-0.15, -0.1) is 0 Å². The van der Waals surface area contributed by atoms with Gasteiger partial charge in [0, 0.05) is 41.9 Å². The number of halogens is 1. The van der Waals surface area contributed by atoms with E-state index in [9.17, 15) is 4.79 Å². The van der Waals surface area contributed by atoms with E-state index in [1.165, 1.54) is 0 Å². The fourth-order valence-corrected chi connectivity index (χ4v) is 3.37. The molecule has 1 amide bonds. The van der Waals surface area contributed by atoms with Gasteiger partial charge in [0.1, 0.15) is 5.69 Å². The number of nitrogens with zero attached hydrogens (tertiary/aromatic N) is 4. The molecule has 0 aliphatic carbocycles. The van der Waals surface area contributed by atoms with Crippen molar-refractivity contribution in [3.8, 4) is 11.5 Å². The highest BCUT2D eigenvalue weighted by molar-refractivity contribution is 9.10. The number of hydrogen-bond acceptors (Lipinski definition) is 4. The van der Waals surface area contributed by atoms with E-state index < -0.39 is 0 Å². The van der Waals surface area contributed by atoms with Crippen molar-refractivity contribution in [2.45, 2.75) is 13.0 Å². The summed E-state index contributed by atoms with van der Waals surface area (Å²) in [7, 11) is 5.89. The third-order valence-corrected chi connectivity index (χ3v) is 4.58. The lowest BCUT2D eigenvalue weighted by Crippen LogP contribution is -2.39. The number of nitrogens with one attached hydrogen (secondary N) is 1. The van der Waals surface area contributed by atoms with Crippen LogP contribution in [-0.2, 0) is 7.05 Å². The molecule has 1 N–H and O–H groups in total. The average Bonchev–Trinajstić information content (AvgIpc) is 2.99. The topological polar surface area (TPSA) is 63.1 Å². The van der Waals surface area contributed by atoms with Gasteiger partial charge in [-0.1, -0.05) is 15.9 Å². The van der Waals surface area contributed by atoms with Crippen LogP contribution < -0.4 is 5.32 Å². The van der Waals surface area contributed by atoms with E-state index >= 15 is 0 Å². The molecule has 1 aromatic carbocycles. The Morgan fingerprint density at radius 2 is 2.12 bits per heavy atom. The lowest BCUT2D eigenvalue weighted by atomic mass is 10.1. The largest absolute Gasteiger partial charge is 0.348 e. The third-order valence-electron chi connectivity index (χ3n) is 4.08. The highest BCUT2D eigenvalue weighted by Gasteiger charge is 2.18. The van der Waals surface area contributed by atoms with E-state index in [1.807, 2.05) is 68.0 Å². The van der Waals surface area contributed by atoms with Gasteiger partial charge in [-0.05, 0) is 45.3 Å². The second kappa shape index (κ2) is 7.55. The van der Waals surface area contributed by atoms with Crippen LogP contribution in [0.3, 0.4) is 0 Å². The summed E-state index contributed by atoms with van der Waals surface area (Å²) in [4.78, 5) is 24.1. The Balaban J connectivity index is 2.08. The zero-order valence-corrected chi connectivity index (χ0v) is 16.9. The van der Waals surface area contributed by atoms with Gasteiger partial charge >= 0.3 is 0 Å². The molecule has 7 heteroatoms. The molecule has 2 heterocycles. The highest BCUT2D eigenvalue weighted by atomic mass is 79.9. The van der Waals surface area contributed by atoms with Gasteiger partial charge in [-0.2, -0.15) is 0 Å². The first kappa shape index (κ1) is 18.5. The summed E-state index contributed by atoms with van der Waals surface area (Å²) in [6.45, 7) is 2.77. The summed E-state index contributed by atoms with van der Waals surface area (Å²) in [5, 5.41) is 3.89. The number of aryl methyl sites for hydroxylation is 1. The number of fused-ring (bicyclic) bond motifs is 1. The molecule has 0 saturated heterocycles. The summed E-state index contributed by atoms with van der Waals surface area (Å²) in [6.07, 6.45) is 3.59. The first-order chi connectivity index (χ1) is 12.3. The van der Waals surface area contributed by atoms with E-state index in [1.54, 1.807) is 6.20 Å². The van der Waals surface area contributed by atoms with Gasteiger partial charge in [0.2, 0.25) is 0 Å². The quantitative estimate of drug-likeness (QED) is 0.695. The maximum absolute atomic E-state index is 13.0. The zero-order chi connectivity index (χ0) is 18.8. The Hall–Kier alpha value is -2.25. The van der Waals surface area contributed by atoms with E-state index in [0.717, 1.165) is 27.7 Å². The van der Waals surface area contributed by atoms with Crippen molar-refractivity contribution in [2.75, 3.05) is 20.6 Å². The summed E-state index contributed by atoms with van der Waals surface area (Å²) < 4.78 is 2.80. The van der Waals surface area contributed by atoms with Crippen LogP contribution in [0.2, 0.25) is 0 Å². The molecule has 0 radical (unpaired) electrons. The van der Waals surface area contributed by atoms with Crippen molar-refractivity contribution in [2.24, 2.45) is 7.05 Å². The van der Waals surface area contributed by atoms with Crippen LogP contribution in [0, 0.1) is 0 Å². The smallest absolute Gasteiger partial charge is 0.252 e. The van der Waals surface area contributed by atoms with Crippen LogP contribution in [0.1, 0.15) is 17.3 Å². The van der Waals surface area contributed by atoms with Gasteiger partial charge in [-0.25, -0.2) is 9.97 Å². The van der Waals surface area contributed by atoms with Crippen LogP contribution in [0.5, 0.6) is 0 Å². The molecule has 0 fully saturated rings. The van der Waals surface area contributed by atoms with Gasteiger partial charge in [0.15, 0.2) is 5.82 Å². The maximum Gasteiger partial charge on any atom is 0.252 e. The molecule has 26 heavy (non-hydrogen) atoms. The maximum atomic E-state index is 13.0. The van der Waals surface area contributed by atoms with Gasteiger partial charge in [0.05, 0.1) is 11.1 Å². The Labute approximate surface area is 161 Å². The number of rotatable bonds is 5. The number of carbonyl (C=O) groups is 1. The molecule has 1 unspecified atom stereocenters. The summed E-state index contributed by atoms with van der Waals surface area (Å²) in [6, 6.07) is 7.61. The van der Waals surface area contributed by atoms with Crippen LogP contribution in [0.25, 0.3) is 22.4 Å². The van der Waals surface area contributed by atoms with Gasteiger partial charge < -0.3 is 14.8 Å². The molecule has 3 rings (SSSR count). The number of amides is 1. The van der Waals surface area contributed by atoms with Crippen LogP contribution >= 0.6 is 15.9 Å². The van der Waals surface area contributed by atoms with Gasteiger partial charge in [0.25, 0.3) is 5.91 Å². The number of benzene rings is 1. The molecule has 0 aliphatic heterocycles. The Bertz CT molecular complexity index is 950. The zero-order valence-electron chi connectivity index (χ0n) is 15.3. The van der Waals surface area contributed by atoms with Crippen molar-refractivity contribution in [3.05, 3.63) is 46.7 Å².